The minimum absolute atomic E-state index is 0.109. The van der Waals surface area contributed by atoms with Gasteiger partial charge in [-0.05, 0) is 43.0 Å². The Morgan fingerprint density at radius 2 is 1.69 bits per heavy atom. The lowest BCUT2D eigenvalue weighted by Crippen LogP contribution is -2.53. The van der Waals surface area contributed by atoms with E-state index in [-0.39, 0.29) is 21.7 Å². The molecule has 0 aliphatic heterocycles. The molecule has 174 valence electrons. The summed E-state index contributed by atoms with van der Waals surface area (Å²) in [5.74, 6) is -2.46. The highest BCUT2D eigenvalue weighted by Gasteiger charge is 2.49. The lowest BCUT2D eigenvalue weighted by Gasteiger charge is -2.30. The van der Waals surface area contributed by atoms with Crippen LogP contribution in [0.4, 0.5) is 18.9 Å². The second-order valence-corrected chi connectivity index (χ2v) is 7.45. The molecule has 1 aliphatic carbocycles. The van der Waals surface area contributed by atoms with E-state index in [4.69, 9.17) is 11.6 Å². The Labute approximate surface area is 187 Å². The Bertz CT molecular complexity index is 905. The van der Waals surface area contributed by atoms with Crippen LogP contribution in [0.2, 0.25) is 5.02 Å². The zero-order valence-electron chi connectivity index (χ0n) is 17.4. The van der Waals surface area contributed by atoms with Crippen LogP contribution in [0.15, 0.2) is 34.8 Å². The van der Waals surface area contributed by atoms with Crippen molar-refractivity contribution in [2.45, 2.75) is 50.4 Å². The van der Waals surface area contributed by atoms with Crippen molar-refractivity contribution in [1.82, 2.24) is 0 Å². The van der Waals surface area contributed by atoms with Crippen LogP contribution in [0, 0.1) is 0 Å². The van der Waals surface area contributed by atoms with E-state index in [0.717, 1.165) is 45.6 Å². The summed E-state index contributed by atoms with van der Waals surface area (Å²) in [4.78, 5) is 41.7. The number of anilines is 1. The van der Waals surface area contributed by atoms with Crippen molar-refractivity contribution in [3.05, 3.63) is 34.9 Å². The minimum Gasteiger partial charge on any atom is -0.467 e. The molecule has 7 nitrogen and oxygen atoms in total. The molecular weight excluding hydrogens is 453 g/mol. The number of alkyl halides is 3. The average molecular weight is 475 g/mol. The van der Waals surface area contributed by atoms with Crippen molar-refractivity contribution in [1.29, 1.82) is 0 Å². The van der Waals surface area contributed by atoms with Crippen molar-refractivity contribution >= 4 is 41.0 Å². The number of methoxy groups -OCH3 is 2. The number of ether oxygens (including phenoxy) is 2. The number of amides is 1. The average Bonchev–Trinajstić information content (AvgIpc) is 2.78. The third-order valence-corrected chi connectivity index (χ3v) is 5.12. The SMILES string of the molecule is COC(=O)C(=C=NC1CCCCC1)C(C(=O)OC)N(C(=O)C(F)(F)F)c1ccc(Cl)cc1. The summed E-state index contributed by atoms with van der Waals surface area (Å²) in [5, 5.41) is 0.186. The van der Waals surface area contributed by atoms with Gasteiger partial charge in [-0.2, -0.15) is 13.2 Å². The van der Waals surface area contributed by atoms with E-state index in [2.05, 4.69) is 20.3 Å². The Balaban J connectivity index is 2.70. The lowest BCUT2D eigenvalue weighted by molar-refractivity contribution is -0.171. The van der Waals surface area contributed by atoms with E-state index in [1.54, 1.807) is 0 Å². The van der Waals surface area contributed by atoms with Crippen LogP contribution in [0.25, 0.3) is 0 Å². The smallest absolute Gasteiger partial charge is 0.467 e. The Morgan fingerprint density at radius 1 is 1.09 bits per heavy atom. The summed E-state index contributed by atoms with van der Waals surface area (Å²) in [6.45, 7) is 0. The molecule has 11 heteroatoms. The fourth-order valence-electron chi connectivity index (χ4n) is 3.29. The van der Waals surface area contributed by atoms with E-state index in [1.807, 2.05) is 0 Å². The topological polar surface area (TPSA) is 85.3 Å². The fourth-order valence-corrected chi connectivity index (χ4v) is 3.41. The lowest BCUT2D eigenvalue weighted by atomic mass is 9.96. The second kappa shape index (κ2) is 11.2. The van der Waals surface area contributed by atoms with Crippen molar-refractivity contribution in [2.75, 3.05) is 19.1 Å². The number of benzene rings is 1. The van der Waals surface area contributed by atoms with Gasteiger partial charge in [-0.3, -0.25) is 9.69 Å². The summed E-state index contributed by atoms with van der Waals surface area (Å²) < 4.78 is 49.7. The molecule has 1 aliphatic rings. The number of carbonyl (C=O) groups is 3. The number of halogens is 4. The van der Waals surface area contributed by atoms with Gasteiger partial charge in [0.05, 0.1) is 20.3 Å². The number of aliphatic imine (C=N–C) groups is 1. The van der Waals surface area contributed by atoms with E-state index in [0.29, 0.717) is 12.8 Å². The first kappa shape index (κ1) is 25.4. The molecule has 0 saturated heterocycles. The third-order valence-electron chi connectivity index (χ3n) is 4.87. The van der Waals surface area contributed by atoms with E-state index >= 15 is 0 Å². The van der Waals surface area contributed by atoms with Crippen molar-refractivity contribution in [3.8, 4) is 0 Å². The monoisotopic (exact) mass is 474 g/mol. The number of esters is 2. The van der Waals surface area contributed by atoms with Crippen LogP contribution in [0.3, 0.4) is 0 Å². The first-order valence-corrected chi connectivity index (χ1v) is 10.1. The molecule has 1 atom stereocenters. The summed E-state index contributed by atoms with van der Waals surface area (Å²) in [7, 11) is 1.90. The molecule has 0 spiro atoms. The van der Waals surface area contributed by atoms with Gasteiger partial charge in [0.1, 0.15) is 5.57 Å². The Morgan fingerprint density at radius 3 is 2.19 bits per heavy atom. The third kappa shape index (κ3) is 6.34. The molecule has 2 rings (SSSR count). The molecule has 1 fully saturated rings. The molecule has 0 aromatic heterocycles. The standard InChI is InChI=1S/C21H22ClF3N2O5/c1-31-18(28)16(12-26-14-6-4-3-5-7-14)17(19(29)32-2)27(20(30)21(23,24)25)15-10-8-13(22)9-11-15/h8-11,14,17H,3-7H2,1-2H3. The molecular formula is C21H22ClF3N2O5. The zero-order valence-corrected chi connectivity index (χ0v) is 18.2. The Hall–Kier alpha value is -2.84. The van der Waals surface area contributed by atoms with Crippen molar-refractivity contribution < 1.29 is 37.0 Å². The minimum atomic E-state index is -5.37. The maximum absolute atomic E-state index is 13.5. The molecule has 1 unspecified atom stereocenters. The number of hydrogen-bond acceptors (Lipinski definition) is 6. The van der Waals surface area contributed by atoms with E-state index < -0.39 is 35.6 Å². The van der Waals surface area contributed by atoms with E-state index in [1.165, 1.54) is 12.1 Å². The van der Waals surface area contributed by atoms with Gasteiger partial charge in [-0.1, -0.05) is 30.9 Å². The van der Waals surface area contributed by atoms with Gasteiger partial charge in [0.25, 0.3) is 0 Å². The van der Waals surface area contributed by atoms with Crippen LogP contribution in [-0.2, 0) is 23.9 Å². The van der Waals surface area contributed by atoms with Gasteiger partial charge >= 0.3 is 24.0 Å². The van der Waals surface area contributed by atoms with Gasteiger partial charge in [0, 0.05) is 10.7 Å². The number of nitrogens with zero attached hydrogens (tertiary/aromatic N) is 2. The largest absolute Gasteiger partial charge is 0.471 e. The first-order chi connectivity index (χ1) is 15.1. The highest BCUT2D eigenvalue weighted by atomic mass is 35.5. The molecule has 0 heterocycles. The highest BCUT2D eigenvalue weighted by molar-refractivity contribution is 6.30. The maximum Gasteiger partial charge on any atom is 0.471 e. The summed E-state index contributed by atoms with van der Waals surface area (Å²) >= 11 is 5.80. The second-order valence-electron chi connectivity index (χ2n) is 7.01. The molecule has 32 heavy (non-hydrogen) atoms. The maximum atomic E-state index is 13.5. The quantitative estimate of drug-likeness (QED) is 0.355. The van der Waals surface area contributed by atoms with Gasteiger partial charge in [0.15, 0.2) is 6.04 Å². The van der Waals surface area contributed by atoms with Crippen LogP contribution in [-0.4, -0.2) is 56.2 Å². The molecule has 0 bridgehead atoms. The van der Waals surface area contributed by atoms with Gasteiger partial charge in [-0.15, -0.1) is 0 Å². The number of rotatable bonds is 6. The van der Waals surface area contributed by atoms with Crippen LogP contribution >= 0.6 is 11.6 Å². The molecule has 1 aromatic carbocycles. The molecule has 0 radical (unpaired) electrons. The van der Waals surface area contributed by atoms with E-state index in [9.17, 15) is 27.6 Å². The fraction of sp³-hybridized carbons (Fsp3) is 0.476. The van der Waals surface area contributed by atoms with Crippen LogP contribution in [0.1, 0.15) is 32.1 Å². The summed E-state index contributed by atoms with van der Waals surface area (Å²) in [6, 6.07) is 2.32. The summed E-state index contributed by atoms with van der Waals surface area (Å²) in [5.41, 5.74) is -1.02. The predicted octanol–water partition coefficient (Wildman–Crippen LogP) is 3.88. The van der Waals surface area contributed by atoms with Gasteiger partial charge in [-0.25, -0.2) is 14.6 Å². The first-order valence-electron chi connectivity index (χ1n) is 9.75. The highest BCUT2D eigenvalue weighted by Crippen LogP contribution is 2.30. The number of carbonyl (C=O) groups excluding carboxylic acids is 3. The normalized spacial score (nSPS) is 15.2. The molecule has 1 aromatic rings. The molecule has 0 N–H and O–H groups in total. The Kier molecular flexibility index (Phi) is 8.86. The van der Waals surface area contributed by atoms with Crippen molar-refractivity contribution in [2.24, 2.45) is 4.99 Å². The van der Waals surface area contributed by atoms with Gasteiger partial charge < -0.3 is 9.47 Å². The molecule has 1 amide bonds. The van der Waals surface area contributed by atoms with Crippen molar-refractivity contribution in [3.63, 3.8) is 0 Å². The molecule has 1 saturated carbocycles. The van der Waals surface area contributed by atoms with Crippen LogP contribution < -0.4 is 4.90 Å². The predicted molar refractivity (Wildman–Crippen MR) is 111 cm³/mol. The van der Waals surface area contributed by atoms with Crippen LogP contribution in [0.5, 0.6) is 0 Å². The number of hydrogen-bond donors (Lipinski definition) is 0. The summed E-state index contributed by atoms with van der Waals surface area (Å²) in [6.07, 6.45) is -1.15. The van der Waals surface area contributed by atoms with Gasteiger partial charge in [0.2, 0.25) is 0 Å². The zero-order chi connectivity index (χ0) is 23.9.